The van der Waals surface area contributed by atoms with E-state index in [9.17, 15) is 4.79 Å². The summed E-state index contributed by atoms with van der Waals surface area (Å²) < 4.78 is 0. The summed E-state index contributed by atoms with van der Waals surface area (Å²) in [5.41, 5.74) is -0.134. The Morgan fingerprint density at radius 2 is 2.27 bits per heavy atom. The second-order valence-corrected chi connectivity index (χ2v) is 3.88. The van der Waals surface area contributed by atoms with Crippen LogP contribution >= 0.6 is 11.8 Å². The summed E-state index contributed by atoms with van der Waals surface area (Å²) in [5.74, 6) is 0.802. The first-order chi connectivity index (χ1) is 5.02. The highest BCUT2D eigenvalue weighted by Gasteiger charge is 2.17. The Bertz CT molecular complexity index is 154. The summed E-state index contributed by atoms with van der Waals surface area (Å²) in [6.07, 6.45) is 3.31. The molecule has 0 saturated carbocycles. The summed E-state index contributed by atoms with van der Waals surface area (Å²) in [6, 6.07) is 0. The molecule has 3 heteroatoms. The van der Waals surface area contributed by atoms with E-state index in [1.54, 1.807) is 11.8 Å². The number of carbonyl (C=O) groups excluding carboxylic acids is 1. The third kappa shape index (κ3) is 4.90. The number of rotatable bonds is 4. The predicted octanol–water partition coefficient (Wildman–Crippen LogP) is 1.43. The van der Waals surface area contributed by atoms with E-state index in [1.165, 1.54) is 6.08 Å². The molecule has 0 aliphatic carbocycles. The number of thioether (sulfide) groups is 1. The molecular weight excluding hydrogens is 158 g/mol. The maximum atomic E-state index is 10.9. The van der Waals surface area contributed by atoms with Crippen molar-refractivity contribution in [2.24, 2.45) is 0 Å². The second-order valence-electron chi connectivity index (χ2n) is 3.01. The van der Waals surface area contributed by atoms with Gasteiger partial charge < -0.3 is 5.32 Å². The van der Waals surface area contributed by atoms with Crippen LogP contribution in [0.2, 0.25) is 0 Å². The van der Waals surface area contributed by atoms with E-state index in [1.807, 2.05) is 20.1 Å². The molecule has 0 aliphatic rings. The van der Waals surface area contributed by atoms with Crippen LogP contribution in [0.15, 0.2) is 12.7 Å². The summed E-state index contributed by atoms with van der Waals surface area (Å²) in [4.78, 5) is 10.9. The summed E-state index contributed by atoms with van der Waals surface area (Å²) in [6.45, 7) is 7.37. The molecule has 64 valence electrons. The highest BCUT2D eigenvalue weighted by Crippen LogP contribution is 2.08. The van der Waals surface area contributed by atoms with Gasteiger partial charge in [0.1, 0.15) is 0 Å². The zero-order chi connectivity index (χ0) is 8.91. The lowest BCUT2D eigenvalue weighted by molar-refractivity contribution is -0.117. The molecule has 11 heavy (non-hydrogen) atoms. The van der Waals surface area contributed by atoms with Crippen LogP contribution in [-0.2, 0) is 4.79 Å². The summed E-state index contributed by atoms with van der Waals surface area (Å²) in [7, 11) is 0. The molecule has 0 saturated heterocycles. The van der Waals surface area contributed by atoms with Crippen LogP contribution in [0.4, 0.5) is 0 Å². The molecule has 0 aliphatic heterocycles. The van der Waals surface area contributed by atoms with Gasteiger partial charge in [0.05, 0.1) is 0 Å². The maximum absolute atomic E-state index is 10.9. The van der Waals surface area contributed by atoms with Gasteiger partial charge in [0.15, 0.2) is 0 Å². The number of hydrogen-bond acceptors (Lipinski definition) is 2. The largest absolute Gasteiger partial charge is 0.347 e. The molecule has 0 rings (SSSR count). The smallest absolute Gasteiger partial charge is 0.243 e. The summed E-state index contributed by atoms with van der Waals surface area (Å²) in [5, 5.41) is 2.83. The van der Waals surface area contributed by atoms with Crippen LogP contribution < -0.4 is 5.32 Å². The van der Waals surface area contributed by atoms with Crippen molar-refractivity contribution in [3.05, 3.63) is 12.7 Å². The van der Waals surface area contributed by atoms with Gasteiger partial charge in [-0.1, -0.05) is 6.58 Å². The topological polar surface area (TPSA) is 29.1 Å². The van der Waals surface area contributed by atoms with Gasteiger partial charge in [-0.3, -0.25) is 4.79 Å². The fourth-order valence-electron chi connectivity index (χ4n) is 0.781. The van der Waals surface area contributed by atoms with E-state index in [0.29, 0.717) is 0 Å². The van der Waals surface area contributed by atoms with E-state index >= 15 is 0 Å². The van der Waals surface area contributed by atoms with Crippen LogP contribution in [0.5, 0.6) is 0 Å². The minimum atomic E-state index is -0.134. The Kier molecular flexibility index (Phi) is 4.26. The molecule has 0 aromatic carbocycles. The van der Waals surface area contributed by atoms with Gasteiger partial charge in [-0.15, -0.1) is 0 Å². The molecule has 0 spiro atoms. The fraction of sp³-hybridized carbons (Fsp3) is 0.625. The number of nitrogens with one attached hydrogen (secondary N) is 1. The molecule has 0 radical (unpaired) electrons. The van der Waals surface area contributed by atoms with E-state index < -0.39 is 0 Å². The van der Waals surface area contributed by atoms with Crippen molar-refractivity contribution in [1.29, 1.82) is 0 Å². The Hall–Kier alpha value is -0.440. The molecule has 0 atom stereocenters. The third-order valence-corrected chi connectivity index (χ3v) is 2.16. The van der Waals surface area contributed by atoms with Crippen molar-refractivity contribution in [2.75, 3.05) is 12.0 Å². The van der Waals surface area contributed by atoms with Gasteiger partial charge in [0.2, 0.25) is 5.91 Å². The van der Waals surface area contributed by atoms with E-state index in [0.717, 1.165) is 5.75 Å². The lowest BCUT2D eigenvalue weighted by Crippen LogP contribution is -2.44. The van der Waals surface area contributed by atoms with Crippen molar-refractivity contribution in [3.63, 3.8) is 0 Å². The molecule has 0 fully saturated rings. The normalized spacial score (nSPS) is 10.8. The molecule has 0 aromatic heterocycles. The Balaban J connectivity index is 3.89. The summed E-state index contributed by atoms with van der Waals surface area (Å²) >= 11 is 1.71. The molecule has 1 amide bonds. The molecule has 0 aromatic rings. The molecule has 2 nitrogen and oxygen atoms in total. The van der Waals surface area contributed by atoms with Crippen LogP contribution in [0.25, 0.3) is 0 Å². The number of hydrogen-bond donors (Lipinski definition) is 1. The Morgan fingerprint density at radius 1 is 1.73 bits per heavy atom. The molecule has 1 N–H and O–H groups in total. The van der Waals surface area contributed by atoms with Gasteiger partial charge in [-0.05, 0) is 26.2 Å². The van der Waals surface area contributed by atoms with Gasteiger partial charge in [-0.2, -0.15) is 11.8 Å². The highest BCUT2D eigenvalue weighted by molar-refractivity contribution is 7.98. The van der Waals surface area contributed by atoms with Gasteiger partial charge >= 0.3 is 0 Å². The van der Waals surface area contributed by atoms with E-state index in [-0.39, 0.29) is 11.4 Å². The molecule has 0 heterocycles. The van der Waals surface area contributed by atoms with E-state index in [2.05, 4.69) is 11.9 Å². The van der Waals surface area contributed by atoms with Crippen molar-refractivity contribution < 1.29 is 4.79 Å². The molecule has 0 bridgehead atoms. The maximum Gasteiger partial charge on any atom is 0.243 e. The minimum absolute atomic E-state index is 0.107. The fourth-order valence-corrected chi connectivity index (χ4v) is 1.58. The van der Waals surface area contributed by atoms with Crippen LogP contribution in [0.1, 0.15) is 13.8 Å². The highest BCUT2D eigenvalue weighted by atomic mass is 32.2. The Labute approximate surface area is 72.4 Å². The van der Waals surface area contributed by atoms with Crippen molar-refractivity contribution >= 4 is 17.7 Å². The SMILES string of the molecule is C=CC(=O)NC(C)(C)CSC. The molecule has 0 unspecified atom stereocenters. The third-order valence-electron chi connectivity index (χ3n) is 1.15. The predicted molar refractivity (Wildman–Crippen MR) is 50.8 cm³/mol. The van der Waals surface area contributed by atoms with E-state index in [4.69, 9.17) is 0 Å². The van der Waals surface area contributed by atoms with Crippen LogP contribution in [-0.4, -0.2) is 23.5 Å². The van der Waals surface area contributed by atoms with Crippen molar-refractivity contribution in [2.45, 2.75) is 19.4 Å². The first-order valence-corrected chi connectivity index (χ1v) is 4.85. The average Bonchev–Trinajstić information content (AvgIpc) is 1.86. The molecular formula is C8H15NOS. The second kappa shape index (κ2) is 4.44. The lowest BCUT2D eigenvalue weighted by atomic mass is 10.1. The quantitative estimate of drug-likeness (QED) is 0.652. The standard InChI is InChI=1S/C8H15NOS/c1-5-7(10)9-8(2,3)6-11-4/h5H,1,6H2,2-4H3,(H,9,10). The van der Waals surface area contributed by atoms with Gasteiger partial charge in [0, 0.05) is 11.3 Å². The average molecular weight is 173 g/mol. The van der Waals surface area contributed by atoms with Gasteiger partial charge in [0.25, 0.3) is 0 Å². The zero-order valence-electron chi connectivity index (χ0n) is 7.31. The first kappa shape index (κ1) is 10.6. The monoisotopic (exact) mass is 173 g/mol. The van der Waals surface area contributed by atoms with Crippen LogP contribution in [0, 0.1) is 0 Å². The Morgan fingerprint density at radius 3 is 2.64 bits per heavy atom. The van der Waals surface area contributed by atoms with Crippen molar-refractivity contribution in [3.8, 4) is 0 Å². The van der Waals surface area contributed by atoms with Gasteiger partial charge in [-0.25, -0.2) is 0 Å². The number of carbonyl (C=O) groups is 1. The zero-order valence-corrected chi connectivity index (χ0v) is 8.12. The minimum Gasteiger partial charge on any atom is -0.347 e. The van der Waals surface area contributed by atoms with Crippen molar-refractivity contribution in [1.82, 2.24) is 5.32 Å². The first-order valence-electron chi connectivity index (χ1n) is 3.45. The lowest BCUT2D eigenvalue weighted by Gasteiger charge is -2.24. The van der Waals surface area contributed by atoms with Crippen LogP contribution in [0.3, 0.4) is 0 Å². The number of amides is 1.